The minimum atomic E-state index is -0.808. The third-order valence-electron chi connectivity index (χ3n) is 6.50. The van der Waals surface area contributed by atoms with E-state index in [0.29, 0.717) is 19.6 Å². The SMILES string of the molecule is CN(CC(=O)N1CC[C@@]2(CCCN(Cc3ccc(F)c(F)c3)C2)C1)Cc1cccnc1. The number of benzene rings is 1. The number of aromatic nitrogens is 1. The number of piperidine rings is 1. The largest absolute Gasteiger partial charge is 0.341 e. The van der Waals surface area contributed by atoms with Crippen LogP contribution in [-0.2, 0) is 17.9 Å². The number of carbonyl (C=O) groups excluding carboxylic acids is 1. The Bertz CT molecular complexity index is 910. The second kappa shape index (κ2) is 9.40. The van der Waals surface area contributed by atoms with E-state index < -0.39 is 11.6 Å². The zero-order valence-corrected chi connectivity index (χ0v) is 18.1. The molecule has 2 saturated heterocycles. The van der Waals surface area contributed by atoms with Crippen molar-refractivity contribution in [3.63, 3.8) is 0 Å². The van der Waals surface area contributed by atoms with E-state index in [9.17, 15) is 13.6 Å². The predicted octanol–water partition coefficient (Wildman–Crippen LogP) is 3.31. The first kappa shape index (κ1) is 21.8. The number of halogens is 2. The first-order chi connectivity index (χ1) is 14.9. The molecule has 31 heavy (non-hydrogen) atoms. The van der Waals surface area contributed by atoms with Crippen LogP contribution in [0, 0.1) is 17.0 Å². The monoisotopic (exact) mass is 428 g/mol. The first-order valence-electron chi connectivity index (χ1n) is 10.9. The number of nitrogens with zero attached hydrogens (tertiary/aromatic N) is 4. The van der Waals surface area contributed by atoms with Crippen LogP contribution < -0.4 is 0 Å². The minimum Gasteiger partial charge on any atom is -0.341 e. The van der Waals surface area contributed by atoms with Gasteiger partial charge in [-0.3, -0.25) is 19.6 Å². The van der Waals surface area contributed by atoms with Crippen molar-refractivity contribution in [3.8, 4) is 0 Å². The van der Waals surface area contributed by atoms with Crippen LogP contribution in [0.3, 0.4) is 0 Å². The van der Waals surface area contributed by atoms with E-state index >= 15 is 0 Å². The second-order valence-corrected chi connectivity index (χ2v) is 9.16. The lowest BCUT2D eigenvalue weighted by Crippen LogP contribution is -2.45. The van der Waals surface area contributed by atoms with E-state index in [2.05, 4.69) is 9.88 Å². The van der Waals surface area contributed by atoms with Gasteiger partial charge in [0, 0.05) is 50.5 Å². The Morgan fingerprint density at radius 3 is 2.77 bits per heavy atom. The van der Waals surface area contributed by atoms with Crippen molar-refractivity contribution >= 4 is 5.91 Å². The molecule has 0 bridgehead atoms. The van der Waals surface area contributed by atoms with E-state index in [1.807, 2.05) is 35.2 Å². The molecule has 4 rings (SSSR count). The van der Waals surface area contributed by atoms with Crippen LogP contribution in [0.2, 0.25) is 0 Å². The van der Waals surface area contributed by atoms with Gasteiger partial charge in [0.15, 0.2) is 11.6 Å². The van der Waals surface area contributed by atoms with Crippen LogP contribution in [0.5, 0.6) is 0 Å². The average Bonchev–Trinajstić information content (AvgIpc) is 3.14. The highest BCUT2D eigenvalue weighted by molar-refractivity contribution is 5.78. The summed E-state index contributed by atoms with van der Waals surface area (Å²) in [6, 6.07) is 8.07. The zero-order valence-electron chi connectivity index (χ0n) is 18.1. The van der Waals surface area contributed by atoms with E-state index in [0.717, 1.165) is 56.6 Å². The van der Waals surface area contributed by atoms with Gasteiger partial charge in [-0.2, -0.15) is 0 Å². The molecule has 5 nitrogen and oxygen atoms in total. The number of likely N-dealkylation sites (N-methyl/N-ethyl adjacent to an activating group) is 1. The van der Waals surface area contributed by atoms with E-state index in [1.165, 1.54) is 12.1 Å². The molecule has 2 fully saturated rings. The molecule has 1 spiro atoms. The number of rotatable bonds is 6. The fraction of sp³-hybridized carbons (Fsp3) is 0.500. The van der Waals surface area contributed by atoms with Gasteiger partial charge in [-0.15, -0.1) is 0 Å². The maximum absolute atomic E-state index is 13.6. The molecule has 0 aliphatic carbocycles. The van der Waals surface area contributed by atoms with Gasteiger partial charge in [0.1, 0.15) is 0 Å². The fourth-order valence-corrected chi connectivity index (χ4v) is 5.01. The Hall–Kier alpha value is -2.38. The summed E-state index contributed by atoms with van der Waals surface area (Å²) in [6.45, 7) is 5.11. The number of hydrogen-bond donors (Lipinski definition) is 0. The van der Waals surface area contributed by atoms with Crippen LogP contribution in [0.25, 0.3) is 0 Å². The average molecular weight is 429 g/mol. The van der Waals surface area contributed by atoms with Crippen molar-refractivity contribution in [2.45, 2.75) is 32.4 Å². The highest BCUT2D eigenvalue weighted by atomic mass is 19.2. The van der Waals surface area contributed by atoms with Crippen molar-refractivity contribution < 1.29 is 13.6 Å². The summed E-state index contributed by atoms with van der Waals surface area (Å²) in [7, 11) is 1.96. The van der Waals surface area contributed by atoms with Crippen LogP contribution >= 0.6 is 0 Å². The summed E-state index contributed by atoms with van der Waals surface area (Å²) in [5.74, 6) is -1.43. The molecule has 1 aromatic carbocycles. The van der Waals surface area contributed by atoms with Gasteiger partial charge in [-0.1, -0.05) is 12.1 Å². The lowest BCUT2D eigenvalue weighted by atomic mass is 9.79. The van der Waals surface area contributed by atoms with Crippen LogP contribution in [0.15, 0.2) is 42.7 Å². The maximum Gasteiger partial charge on any atom is 0.236 e. The van der Waals surface area contributed by atoms with E-state index in [4.69, 9.17) is 0 Å². The second-order valence-electron chi connectivity index (χ2n) is 9.16. The van der Waals surface area contributed by atoms with Gasteiger partial charge in [-0.25, -0.2) is 8.78 Å². The molecule has 2 aliphatic rings. The number of hydrogen-bond acceptors (Lipinski definition) is 4. The molecular weight excluding hydrogens is 398 g/mol. The van der Waals surface area contributed by atoms with Crippen molar-refractivity contribution in [2.75, 3.05) is 39.8 Å². The molecule has 1 amide bonds. The van der Waals surface area contributed by atoms with Gasteiger partial charge < -0.3 is 4.90 Å². The molecule has 166 valence electrons. The molecule has 3 heterocycles. The number of carbonyl (C=O) groups is 1. The van der Waals surface area contributed by atoms with Crippen molar-refractivity contribution in [3.05, 3.63) is 65.5 Å². The Morgan fingerprint density at radius 1 is 1.13 bits per heavy atom. The summed E-state index contributed by atoms with van der Waals surface area (Å²) in [5, 5.41) is 0. The van der Waals surface area contributed by atoms with Gasteiger partial charge in [-0.05, 0) is 62.2 Å². The van der Waals surface area contributed by atoms with Crippen LogP contribution in [-0.4, -0.2) is 65.4 Å². The fourth-order valence-electron chi connectivity index (χ4n) is 5.01. The molecule has 0 radical (unpaired) electrons. The molecule has 2 aliphatic heterocycles. The highest BCUT2D eigenvalue weighted by Gasteiger charge is 2.42. The highest BCUT2D eigenvalue weighted by Crippen LogP contribution is 2.39. The number of amides is 1. The Balaban J connectivity index is 1.31. The lowest BCUT2D eigenvalue weighted by molar-refractivity contribution is -0.131. The summed E-state index contributed by atoms with van der Waals surface area (Å²) in [4.78, 5) is 23.4. The topological polar surface area (TPSA) is 39.7 Å². The standard InChI is InChI=1S/C24H30F2N4O/c1-28(14-20-4-2-9-27-13-20)16-23(31)30-11-8-24(18-30)7-3-10-29(17-24)15-19-5-6-21(25)22(26)12-19/h2,4-6,9,12-13H,3,7-8,10-11,14-18H2,1H3/t24-/m1/s1. The van der Waals surface area contributed by atoms with Gasteiger partial charge in [0.2, 0.25) is 5.91 Å². The van der Waals surface area contributed by atoms with Gasteiger partial charge >= 0.3 is 0 Å². The van der Waals surface area contributed by atoms with Crippen LogP contribution in [0.1, 0.15) is 30.4 Å². The molecule has 1 atom stereocenters. The predicted molar refractivity (Wildman–Crippen MR) is 115 cm³/mol. The van der Waals surface area contributed by atoms with E-state index in [1.54, 1.807) is 12.3 Å². The third kappa shape index (κ3) is 5.46. The van der Waals surface area contributed by atoms with Crippen molar-refractivity contribution in [1.82, 2.24) is 19.7 Å². The van der Waals surface area contributed by atoms with Crippen LogP contribution in [0.4, 0.5) is 8.78 Å². The Kier molecular flexibility index (Phi) is 6.62. The van der Waals surface area contributed by atoms with Gasteiger partial charge in [0.05, 0.1) is 6.54 Å². The molecule has 0 N–H and O–H groups in total. The smallest absolute Gasteiger partial charge is 0.236 e. The van der Waals surface area contributed by atoms with Gasteiger partial charge in [0.25, 0.3) is 0 Å². The molecule has 0 saturated carbocycles. The van der Waals surface area contributed by atoms with Crippen molar-refractivity contribution in [2.24, 2.45) is 5.41 Å². The first-order valence-corrected chi connectivity index (χ1v) is 10.9. The molecule has 1 aromatic heterocycles. The third-order valence-corrected chi connectivity index (χ3v) is 6.50. The summed E-state index contributed by atoms with van der Waals surface area (Å²) in [6.07, 6.45) is 6.75. The molecule has 0 unspecified atom stereocenters. The summed E-state index contributed by atoms with van der Waals surface area (Å²) < 4.78 is 26.8. The summed E-state index contributed by atoms with van der Waals surface area (Å²) in [5.41, 5.74) is 1.99. The lowest BCUT2D eigenvalue weighted by Gasteiger charge is -2.40. The Morgan fingerprint density at radius 2 is 2.00 bits per heavy atom. The summed E-state index contributed by atoms with van der Waals surface area (Å²) >= 11 is 0. The Labute approximate surface area is 182 Å². The molecule has 2 aromatic rings. The van der Waals surface area contributed by atoms with E-state index in [-0.39, 0.29) is 11.3 Å². The quantitative estimate of drug-likeness (QED) is 0.708. The van der Waals surface area contributed by atoms with Crippen molar-refractivity contribution in [1.29, 1.82) is 0 Å². The zero-order chi connectivity index (χ0) is 21.8. The maximum atomic E-state index is 13.6. The molecular formula is C24H30F2N4O. The normalized spacial score (nSPS) is 21.9. The number of likely N-dealkylation sites (tertiary alicyclic amines) is 2. The molecule has 7 heteroatoms. The number of pyridine rings is 1. The minimum absolute atomic E-state index is 0.106.